The average molecular weight is 213 g/mol. The summed E-state index contributed by atoms with van der Waals surface area (Å²) in [4.78, 5) is 4.22. The number of nitrogens with zero attached hydrogens (tertiary/aromatic N) is 1. The summed E-state index contributed by atoms with van der Waals surface area (Å²) in [5, 5.41) is 0. The lowest BCUT2D eigenvalue weighted by molar-refractivity contribution is 0.336. The molecule has 2 rings (SSSR count). The van der Waals surface area contributed by atoms with Gasteiger partial charge in [-0.15, -0.1) is 0 Å². The third-order valence-electron chi connectivity index (χ3n) is 2.55. The molecule has 0 atom stereocenters. The molecule has 1 heterocycles. The zero-order valence-corrected chi connectivity index (χ0v) is 9.60. The van der Waals surface area contributed by atoms with Crippen LogP contribution in [0.5, 0.6) is 5.75 Å². The van der Waals surface area contributed by atoms with Crippen molar-refractivity contribution in [2.75, 3.05) is 6.61 Å². The zero-order chi connectivity index (χ0) is 11.4. The third-order valence-corrected chi connectivity index (χ3v) is 2.55. The molecular formula is C14H15NO. The van der Waals surface area contributed by atoms with E-state index in [0.717, 1.165) is 16.9 Å². The van der Waals surface area contributed by atoms with Crippen molar-refractivity contribution in [3.05, 3.63) is 48.3 Å². The van der Waals surface area contributed by atoms with Crippen molar-refractivity contribution in [2.24, 2.45) is 0 Å². The summed E-state index contributed by atoms with van der Waals surface area (Å²) in [5.41, 5.74) is 3.45. The minimum Gasteiger partial charge on any atom is -0.492 e. The molecule has 0 aliphatic rings. The lowest BCUT2D eigenvalue weighted by atomic mass is 10.0. The first kappa shape index (κ1) is 10.7. The van der Waals surface area contributed by atoms with E-state index in [1.165, 1.54) is 5.56 Å². The van der Waals surface area contributed by atoms with Crippen molar-refractivity contribution in [1.29, 1.82) is 0 Å². The lowest BCUT2D eigenvalue weighted by Gasteiger charge is -2.10. The molecule has 2 heteroatoms. The van der Waals surface area contributed by atoms with Gasteiger partial charge >= 0.3 is 0 Å². The number of rotatable bonds is 3. The minimum absolute atomic E-state index is 0.667. The fraction of sp³-hybridized carbons (Fsp3) is 0.214. The van der Waals surface area contributed by atoms with Gasteiger partial charge in [0.15, 0.2) is 0 Å². The van der Waals surface area contributed by atoms with Gasteiger partial charge in [-0.2, -0.15) is 0 Å². The molecule has 0 radical (unpaired) electrons. The maximum absolute atomic E-state index is 5.54. The normalized spacial score (nSPS) is 10.1. The predicted octanol–water partition coefficient (Wildman–Crippen LogP) is 3.46. The molecule has 0 fully saturated rings. The largest absolute Gasteiger partial charge is 0.492 e. The smallest absolute Gasteiger partial charge is 0.141 e. The molecule has 1 aromatic heterocycles. The summed E-state index contributed by atoms with van der Waals surface area (Å²) >= 11 is 0. The lowest BCUT2D eigenvalue weighted by Crippen LogP contribution is -1.96. The fourth-order valence-electron chi connectivity index (χ4n) is 1.72. The first-order valence-corrected chi connectivity index (χ1v) is 5.45. The molecule has 16 heavy (non-hydrogen) atoms. The molecule has 0 saturated heterocycles. The van der Waals surface area contributed by atoms with E-state index < -0.39 is 0 Å². The number of aromatic nitrogens is 1. The van der Waals surface area contributed by atoms with E-state index in [2.05, 4.69) is 24.0 Å². The molecule has 2 nitrogen and oxygen atoms in total. The van der Waals surface area contributed by atoms with E-state index in [0.29, 0.717) is 6.61 Å². The molecular weight excluding hydrogens is 198 g/mol. The molecule has 0 saturated carbocycles. The standard InChI is InChI=1S/C14H15NO/c1-3-16-14-10-15-9-13(11(14)2)12-7-5-4-6-8-12/h4-10H,3H2,1-2H3. The Morgan fingerprint density at radius 2 is 1.88 bits per heavy atom. The molecule has 1 aromatic carbocycles. The zero-order valence-electron chi connectivity index (χ0n) is 9.60. The highest BCUT2D eigenvalue weighted by Crippen LogP contribution is 2.28. The molecule has 0 aliphatic carbocycles. The van der Waals surface area contributed by atoms with Crippen molar-refractivity contribution in [1.82, 2.24) is 4.98 Å². The third kappa shape index (κ3) is 2.06. The van der Waals surface area contributed by atoms with Crippen molar-refractivity contribution < 1.29 is 4.74 Å². The topological polar surface area (TPSA) is 22.1 Å². The molecule has 0 aliphatic heterocycles. The number of hydrogen-bond donors (Lipinski definition) is 0. The van der Waals surface area contributed by atoms with Gasteiger partial charge in [-0.3, -0.25) is 4.98 Å². The van der Waals surface area contributed by atoms with Gasteiger partial charge in [0.2, 0.25) is 0 Å². The molecule has 0 amide bonds. The summed E-state index contributed by atoms with van der Waals surface area (Å²) < 4.78 is 5.54. The van der Waals surface area contributed by atoms with Gasteiger partial charge in [0, 0.05) is 17.3 Å². The molecule has 0 unspecified atom stereocenters. The van der Waals surface area contributed by atoms with Gasteiger partial charge in [0.1, 0.15) is 5.75 Å². The van der Waals surface area contributed by atoms with Crippen molar-refractivity contribution in [2.45, 2.75) is 13.8 Å². The summed E-state index contributed by atoms with van der Waals surface area (Å²) in [6, 6.07) is 10.2. The maximum atomic E-state index is 5.54. The molecule has 2 aromatic rings. The van der Waals surface area contributed by atoms with E-state index in [-0.39, 0.29) is 0 Å². The Bertz CT molecular complexity index is 465. The van der Waals surface area contributed by atoms with Crippen molar-refractivity contribution in [3.8, 4) is 16.9 Å². The Morgan fingerprint density at radius 3 is 2.56 bits per heavy atom. The maximum Gasteiger partial charge on any atom is 0.141 e. The number of ether oxygens (including phenoxy) is 1. The Balaban J connectivity index is 2.46. The monoisotopic (exact) mass is 213 g/mol. The number of pyridine rings is 1. The summed E-state index contributed by atoms with van der Waals surface area (Å²) in [6.45, 7) is 4.71. The van der Waals surface area contributed by atoms with Crippen LogP contribution < -0.4 is 4.74 Å². The average Bonchev–Trinajstić information content (AvgIpc) is 2.33. The Labute approximate surface area is 95.9 Å². The van der Waals surface area contributed by atoms with Crippen LogP contribution in [0.3, 0.4) is 0 Å². The Hall–Kier alpha value is -1.83. The van der Waals surface area contributed by atoms with Crippen LogP contribution in [0.1, 0.15) is 12.5 Å². The summed E-state index contributed by atoms with van der Waals surface area (Å²) in [6.07, 6.45) is 3.65. The molecule has 0 spiro atoms. The fourth-order valence-corrected chi connectivity index (χ4v) is 1.72. The van der Waals surface area contributed by atoms with Gasteiger partial charge in [-0.1, -0.05) is 30.3 Å². The highest BCUT2D eigenvalue weighted by molar-refractivity contribution is 5.68. The van der Waals surface area contributed by atoms with E-state index in [1.54, 1.807) is 6.20 Å². The van der Waals surface area contributed by atoms with Crippen LogP contribution in [0, 0.1) is 6.92 Å². The van der Waals surface area contributed by atoms with Crippen LogP contribution in [0.25, 0.3) is 11.1 Å². The predicted molar refractivity (Wildman–Crippen MR) is 65.6 cm³/mol. The van der Waals surface area contributed by atoms with Crippen LogP contribution in [0.2, 0.25) is 0 Å². The van der Waals surface area contributed by atoms with Crippen LogP contribution in [-0.2, 0) is 0 Å². The number of benzene rings is 1. The van der Waals surface area contributed by atoms with Gasteiger partial charge in [-0.25, -0.2) is 0 Å². The molecule has 82 valence electrons. The summed E-state index contributed by atoms with van der Waals surface area (Å²) in [7, 11) is 0. The molecule has 0 N–H and O–H groups in total. The van der Waals surface area contributed by atoms with E-state index in [1.807, 2.05) is 31.3 Å². The SMILES string of the molecule is CCOc1cncc(-c2ccccc2)c1C. The Morgan fingerprint density at radius 1 is 1.12 bits per heavy atom. The Kier molecular flexibility index (Phi) is 3.20. The second-order valence-corrected chi connectivity index (χ2v) is 3.61. The first-order chi connectivity index (χ1) is 7.83. The summed E-state index contributed by atoms with van der Waals surface area (Å²) in [5.74, 6) is 0.865. The van der Waals surface area contributed by atoms with Gasteiger partial charge in [-0.05, 0) is 19.4 Å². The van der Waals surface area contributed by atoms with Crippen LogP contribution in [-0.4, -0.2) is 11.6 Å². The highest BCUT2D eigenvalue weighted by atomic mass is 16.5. The van der Waals surface area contributed by atoms with Crippen molar-refractivity contribution in [3.63, 3.8) is 0 Å². The number of hydrogen-bond acceptors (Lipinski definition) is 2. The highest BCUT2D eigenvalue weighted by Gasteiger charge is 2.06. The minimum atomic E-state index is 0.667. The second-order valence-electron chi connectivity index (χ2n) is 3.61. The van der Waals surface area contributed by atoms with Crippen LogP contribution in [0.15, 0.2) is 42.7 Å². The second kappa shape index (κ2) is 4.79. The molecule has 0 bridgehead atoms. The van der Waals surface area contributed by atoms with Crippen LogP contribution >= 0.6 is 0 Å². The van der Waals surface area contributed by atoms with Crippen molar-refractivity contribution >= 4 is 0 Å². The first-order valence-electron chi connectivity index (χ1n) is 5.45. The van der Waals surface area contributed by atoms with E-state index >= 15 is 0 Å². The van der Waals surface area contributed by atoms with E-state index in [4.69, 9.17) is 4.74 Å². The van der Waals surface area contributed by atoms with Crippen LogP contribution in [0.4, 0.5) is 0 Å². The van der Waals surface area contributed by atoms with Gasteiger partial charge < -0.3 is 4.74 Å². The van der Waals surface area contributed by atoms with Gasteiger partial charge in [0.25, 0.3) is 0 Å². The van der Waals surface area contributed by atoms with E-state index in [9.17, 15) is 0 Å². The quantitative estimate of drug-likeness (QED) is 0.779. The van der Waals surface area contributed by atoms with Gasteiger partial charge in [0.05, 0.1) is 12.8 Å².